The number of rotatable bonds is 2. The molecule has 0 aromatic carbocycles. The number of fused-ring (bicyclic) bond motifs is 1. The summed E-state index contributed by atoms with van der Waals surface area (Å²) in [6.07, 6.45) is 0.767. The van der Waals surface area contributed by atoms with E-state index in [4.69, 9.17) is 4.74 Å². The Bertz CT molecular complexity index is 324. The topological polar surface area (TPSA) is 41.3 Å². The zero-order valence-electron chi connectivity index (χ0n) is 10.5. The third kappa shape index (κ3) is 1.75. The molecule has 2 unspecified atom stereocenters. The second-order valence-electron chi connectivity index (χ2n) is 5.24. The van der Waals surface area contributed by atoms with Crippen molar-refractivity contribution in [1.82, 2.24) is 5.43 Å². The van der Waals surface area contributed by atoms with Crippen LogP contribution in [0.15, 0.2) is 0 Å². The van der Waals surface area contributed by atoms with E-state index in [1.165, 1.54) is 5.71 Å². The van der Waals surface area contributed by atoms with Crippen LogP contribution in [0, 0.1) is 17.8 Å². The average molecular weight is 225 g/mol. The molecule has 2 saturated heterocycles. The van der Waals surface area contributed by atoms with Crippen molar-refractivity contribution in [2.45, 2.75) is 40.3 Å². The van der Waals surface area contributed by atoms with E-state index in [0.717, 1.165) is 6.42 Å². The van der Waals surface area contributed by atoms with Gasteiger partial charge < -0.3 is 4.74 Å². The van der Waals surface area contributed by atoms with Gasteiger partial charge in [0.25, 0.3) is 12.1 Å². The molecule has 1 N–H and O–H groups in total. The zero-order valence-corrected chi connectivity index (χ0v) is 10.5. The standard InChI is InChI=1S/C12H20N2O2/c1-7(2)10(8(3)4)14-12-9(5-6-16-12)11(15)13-14/h7-9,12H,5-6H2,1-4H3/p+1. The van der Waals surface area contributed by atoms with Gasteiger partial charge in [0.15, 0.2) is 5.71 Å². The van der Waals surface area contributed by atoms with Crippen LogP contribution in [0.3, 0.4) is 0 Å². The van der Waals surface area contributed by atoms with Crippen molar-refractivity contribution < 1.29 is 14.2 Å². The molecule has 2 fully saturated rings. The molecule has 2 aliphatic rings. The van der Waals surface area contributed by atoms with Gasteiger partial charge in [0, 0.05) is 11.8 Å². The number of amides is 1. The largest absolute Gasteiger partial charge is 0.319 e. The molecule has 2 heterocycles. The van der Waals surface area contributed by atoms with Crippen molar-refractivity contribution in [2.24, 2.45) is 17.8 Å². The first-order valence-electron chi connectivity index (χ1n) is 6.10. The van der Waals surface area contributed by atoms with Gasteiger partial charge in [-0.1, -0.05) is 32.4 Å². The van der Waals surface area contributed by atoms with Crippen molar-refractivity contribution >= 4 is 11.6 Å². The van der Waals surface area contributed by atoms with E-state index in [2.05, 4.69) is 33.1 Å². The smallest absolute Gasteiger partial charge is 0.297 e. The molecule has 4 nitrogen and oxygen atoms in total. The molecule has 2 aliphatic heterocycles. The van der Waals surface area contributed by atoms with E-state index in [-0.39, 0.29) is 18.1 Å². The summed E-state index contributed by atoms with van der Waals surface area (Å²) in [5.41, 5.74) is 4.20. The first-order valence-corrected chi connectivity index (χ1v) is 6.10. The number of ether oxygens (including phenoxy) is 1. The molecular weight excluding hydrogens is 204 g/mol. The molecule has 0 saturated carbocycles. The summed E-state index contributed by atoms with van der Waals surface area (Å²) in [5.74, 6) is 0.972. The van der Waals surface area contributed by atoms with Crippen LogP contribution in [-0.2, 0) is 9.53 Å². The summed E-state index contributed by atoms with van der Waals surface area (Å²) in [4.78, 5) is 11.8. The number of hydrazone groups is 1. The quantitative estimate of drug-likeness (QED) is 0.716. The van der Waals surface area contributed by atoms with Gasteiger partial charge in [-0.25, -0.2) is 0 Å². The van der Waals surface area contributed by atoms with E-state index >= 15 is 0 Å². The van der Waals surface area contributed by atoms with Gasteiger partial charge in [-0.15, -0.1) is 5.43 Å². The van der Waals surface area contributed by atoms with Crippen molar-refractivity contribution in [2.75, 3.05) is 6.61 Å². The van der Waals surface area contributed by atoms with Crippen LogP contribution < -0.4 is 5.43 Å². The average Bonchev–Trinajstić information content (AvgIpc) is 2.71. The monoisotopic (exact) mass is 225 g/mol. The van der Waals surface area contributed by atoms with Gasteiger partial charge in [-0.3, -0.25) is 4.79 Å². The Morgan fingerprint density at radius 1 is 1.38 bits per heavy atom. The molecule has 0 spiro atoms. The third-order valence-corrected chi connectivity index (χ3v) is 3.34. The fourth-order valence-electron chi connectivity index (χ4n) is 2.79. The van der Waals surface area contributed by atoms with E-state index < -0.39 is 0 Å². The molecule has 2 rings (SSSR count). The third-order valence-electron chi connectivity index (χ3n) is 3.34. The summed E-state index contributed by atoms with van der Waals surface area (Å²) in [6.45, 7) is 9.32. The van der Waals surface area contributed by atoms with Gasteiger partial charge in [0.2, 0.25) is 0 Å². The van der Waals surface area contributed by atoms with Crippen LogP contribution in [0.5, 0.6) is 0 Å². The molecule has 0 radical (unpaired) electrons. The second kappa shape index (κ2) is 4.17. The Morgan fingerprint density at radius 2 is 2.00 bits per heavy atom. The molecule has 4 heteroatoms. The number of carbonyl (C=O) groups is 1. The van der Waals surface area contributed by atoms with Crippen molar-refractivity contribution in [3.8, 4) is 0 Å². The maximum atomic E-state index is 11.8. The van der Waals surface area contributed by atoms with Gasteiger partial charge in [-0.05, 0) is 6.42 Å². The van der Waals surface area contributed by atoms with Gasteiger partial charge >= 0.3 is 0 Å². The predicted octanol–water partition coefficient (Wildman–Crippen LogP) is 1.16. The lowest BCUT2D eigenvalue weighted by atomic mass is 9.97. The summed E-state index contributed by atoms with van der Waals surface area (Å²) in [7, 11) is 0. The highest BCUT2D eigenvalue weighted by Crippen LogP contribution is 2.27. The Balaban J connectivity index is 2.38. The molecular formula is C12H21N2O2+. The highest BCUT2D eigenvalue weighted by molar-refractivity contribution is 5.86. The van der Waals surface area contributed by atoms with Crippen LogP contribution in [0.4, 0.5) is 0 Å². The minimum Gasteiger partial charge on any atom is -0.319 e. The molecule has 16 heavy (non-hydrogen) atoms. The molecule has 1 amide bonds. The van der Waals surface area contributed by atoms with Crippen LogP contribution in [0.25, 0.3) is 0 Å². The molecule has 0 bridgehead atoms. The summed E-state index contributed by atoms with van der Waals surface area (Å²) in [6, 6.07) is 0. The molecule has 0 aliphatic carbocycles. The van der Waals surface area contributed by atoms with Gasteiger partial charge in [0.05, 0.1) is 6.61 Å². The van der Waals surface area contributed by atoms with Crippen molar-refractivity contribution in [3.05, 3.63) is 0 Å². The minimum atomic E-state index is -0.0766. The lowest BCUT2D eigenvalue weighted by molar-refractivity contribution is -0.637. The maximum Gasteiger partial charge on any atom is 0.297 e. The van der Waals surface area contributed by atoms with Crippen LogP contribution in [-0.4, -0.2) is 29.1 Å². The predicted molar refractivity (Wildman–Crippen MR) is 60.9 cm³/mol. The lowest BCUT2D eigenvalue weighted by Gasteiger charge is -2.14. The molecule has 90 valence electrons. The van der Waals surface area contributed by atoms with Crippen LogP contribution in [0.2, 0.25) is 0 Å². The highest BCUT2D eigenvalue weighted by Gasteiger charge is 2.52. The maximum absolute atomic E-state index is 11.8. The summed E-state index contributed by atoms with van der Waals surface area (Å²) in [5, 5.41) is 0. The van der Waals surface area contributed by atoms with Crippen molar-refractivity contribution in [3.63, 3.8) is 0 Å². The SMILES string of the molecule is CC(C)C(C(C)C)=[N+]1NC(=O)C2CCOC21. The number of nitrogens with zero attached hydrogens (tertiary/aromatic N) is 1. The number of hydrogen-bond acceptors (Lipinski definition) is 2. The minimum absolute atomic E-state index is 0.0208. The fraction of sp³-hybridized carbons (Fsp3) is 0.833. The molecule has 0 aromatic rings. The molecule has 0 aromatic heterocycles. The molecule has 2 atom stereocenters. The van der Waals surface area contributed by atoms with Gasteiger partial charge in [0.1, 0.15) is 5.92 Å². The Morgan fingerprint density at radius 3 is 2.56 bits per heavy atom. The Hall–Kier alpha value is -0.900. The number of hydrogen-bond donors (Lipinski definition) is 1. The number of carbonyl (C=O) groups excluding carboxylic acids is 1. The Kier molecular flexibility index (Phi) is 3.02. The second-order valence-corrected chi connectivity index (χ2v) is 5.24. The van der Waals surface area contributed by atoms with E-state index in [0.29, 0.717) is 18.4 Å². The normalized spacial score (nSPS) is 28.9. The number of hydrazine groups is 1. The zero-order chi connectivity index (χ0) is 11.9. The van der Waals surface area contributed by atoms with E-state index in [1.807, 2.05) is 4.68 Å². The summed E-state index contributed by atoms with van der Waals surface area (Å²) < 4.78 is 7.63. The van der Waals surface area contributed by atoms with Crippen molar-refractivity contribution in [1.29, 1.82) is 0 Å². The first kappa shape index (κ1) is 11.6. The van der Waals surface area contributed by atoms with Crippen LogP contribution >= 0.6 is 0 Å². The highest BCUT2D eigenvalue weighted by atomic mass is 16.5. The Labute approximate surface area is 96.6 Å². The van der Waals surface area contributed by atoms with Gasteiger partial charge in [-0.2, -0.15) is 0 Å². The fourth-order valence-corrected chi connectivity index (χ4v) is 2.79. The van der Waals surface area contributed by atoms with E-state index in [9.17, 15) is 4.79 Å². The van der Waals surface area contributed by atoms with E-state index in [1.54, 1.807) is 0 Å². The van der Waals surface area contributed by atoms with Crippen LogP contribution in [0.1, 0.15) is 34.1 Å². The lowest BCUT2D eigenvalue weighted by Crippen LogP contribution is -2.40. The first-order chi connectivity index (χ1) is 7.52. The number of nitrogens with one attached hydrogen (secondary N) is 1. The summed E-state index contributed by atoms with van der Waals surface area (Å²) >= 11 is 0.